The minimum atomic E-state index is 0.512. The number of thioether (sulfide) groups is 1. The number of rotatable bonds is 9. The van der Waals surface area contributed by atoms with E-state index in [1.165, 1.54) is 12.2 Å². The zero-order valence-corrected chi connectivity index (χ0v) is 12.8. The molecule has 1 aromatic rings. The van der Waals surface area contributed by atoms with Gasteiger partial charge in [0.1, 0.15) is 12.2 Å². The highest BCUT2D eigenvalue weighted by Crippen LogP contribution is 2.08. The molecule has 1 aromatic heterocycles. The van der Waals surface area contributed by atoms with Gasteiger partial charge in [-0.3, -0.25) is 0 Å². The van der Waals surface area contributed by atoms with E-state index in [0.717, 1.165) is 25.3 Å². The van der Waals surface area contributed by atoms with Crippen LogP contribution in [0.3, 0.4) is 0 Å². The molecule has 1 unspecified atom stereocenters. The molecule has 1 heterocycles. The van der Waals surface area contributed by atoms with E-state index in [-0.39, 0.29) is 0 Å². The maximum atomic E-state index is 4.40. The second kappa shape index (κ2) is 8.53. The van der Waals surface area contributed by atoms with Crippen molar-refractivity contribution in [2.24, 2.45) is 5.92 Å². The lowest BCUT2D eigenvalue weighted by Crippen LogP contribution is -2.32. The fourth-order valence-electron chi connectivity index (χ4n) is 1.99. The summed E-state index contributed by atoms with van der Waals surface area (Å²) in [6.07, 6.45) is 5.99. The third-order valence-electron chi connectivity index (χ3n) is 2.83. The van der Waals surface area contributed by atoms with Crippen molar-refractivity contribution in [3.63, 3.8) is 0 Å². The Balaban J connectivity index is 2.59. The number of nitrogens with zero attached hydrogens (tertiary/aromatic N) is 3. The maximum Gasteiger partial charge on any atom is 0.138 e. The summed E-state index contributed by atoms with van der Waals surface area (Å²) >= 11 is 1.90. The number of hydrogen-bond donors (Lipinski definition) is 1. The summed E-state index contributed by atoms with van der Waals surface area (Å²) < 4.78 is 2.05. The molecular weight excluding hydrogens is 244 g/mol. The summed E-state index contributed by atoms with van der Waals surface area (Å²) in [6.45, 7) is 8.54. The molecule has 5 heteroatoms. The van der Waals surface area contributed by atoms with Gasteiger partial charge in [0.05, 0.1) is 0 Å². The summed E-state index contributed by atoms with van der Waals surface area (Å²) in [7, 11) is 0. The van der Waals surface area contributed by atoms with Gasteiger partial charge in [0.25, 0.3) is 0 Å². The van der Waals surface area contributed by atoms with Gasteiger partial charge in [0.2, 0.25) is 0 Å². The largest absolute Gasteiger partial charge is 0.314 e. The van der Waals surface area contributed by atoms with Crippen LogP contribution < -0.4 is 5.32 Å². The summed E-state index contributed by atoms with van der Waals surface area (Å²) in [5.41, 5.74) is 0. The molecule has 0 fully saturated rings. The lowest BCUT2D eigenvalue weighted by atomic mass is 10.1. The van der Waals surface area contributed by atoms with Gasteiger partial charge in [0, 0.05) is 19.0 Å². The quantitative estimate of drug-likeness (QED) is 0.747. The molecule has 0 saturated carbocycles. The summed E-state index contributed by atoms with van der Waals surface area (Å²) in [4.78, 5) is 4.40. The molecule has 104 valence electrons. The SMILES string of the molecule is CCNC(CCSC)Cc1ncnn1CC(C)C. The standard InChI is InChI=1S/C13H26N4S/c1-5-14-12(6-7-18-4)8-13-15-10-16-17(13)9-11(2)3/h10-12,14H,5-9H2,1-4H3. The van der Waals surface area contributed by atoms with Crippen molar-refractivity contribution in [3.05, 3.63) is 12.2 Å². The first-order chi connectivity index (χ1) is 8.67. The van der Waals surface area contributed by atoms with Crippen LogP contribution in [-0.4, -0.2) is 39.4 Å². The predicted octanol–water partition coefficient (Wildman–Crippen LogP) is 2.21. The van der Waals surface area contributed by atoms with Crippen molar-refractivity contribution < 1.29 is 0 Å². The van der Waals surface area contributed by atoms with Gasteiger partial charge < -0.3 is 5.32 Å². The van der Waals surface area contributed by atoms with Crippen LogP contribution >= 0.6 is 11.8 Å². The Labute approximate surface area is 115 Å². The van der Waals surface area contributed by atoms with Crippen molar-refractivity contribution in [2.45, 2.75) is 46.2 Å². The van der Waals surface area contributed by atoms with E-state index in [9.17, 15) is 0 Å². The van der Waals surface area contributed by atoms with E-state index in [1.54, 1.807) is 6.33 Å². The van der Waals surface area contributed by atoms with Crippen LogP contribution in [0.15, 0.2) is 6.33 Å². The molecular formula is C13H26N4S. The highest BCUT2D eigenvalue weighted by Gasteiger charge is 2.13. The highest BCUT2D eigenvalue weighted by molar-refractivity contribution is 7.98. The monoisotopic (exact) mass is 270 g/mol. The summed E-state index contributed by atoms with van der Waals surface area (Å²) in [6, 6.07) is 0.512. The first-order valence-electron chi connectivity index (χ1n) is 6.76. The first kappa shape index (κ1) is 15.5. The molecule has 1 atom stereocenters. The molecule has 0 spiro atoms. The number of likely N-dealkylation sites (N-methyl/N-ethyl adjacent to an activating group) is 1. The van der Waals surface area contributed by atoms with E-state index < -0.39 is 0 Å². The van der Waals surface area contributed by atoms with Gasteiger partial charge in [-0.2, -0.15) is 16.9 Å². The predicted molar refractivity (Wildman–Crippen MR) is 79.0 cm³/mol. The molecule has 0 radical (unpaired) electrons. The molecule has 0 bridgehead atoms. The van der Waals surface area contributed by atoms with Crippen molar-refractivity contribution in [1.82, 2.24) is 20.1 Å². The molecule has 4 nitrogen and oxygen atoms in total. The maximum absolute atomic E-state index is 4.40. The van der Waals surface area contributed by atoms with Gasteiger partial charge in [-0.25, -0.2) is 9.67 Å². The number of nitrogens with one attached hydrogen (secondary N) is 1. The second-order valence-electron chi connectivity index (χ2n) is 4.99. The average Bonchev–Trinajstić information content (AvgIpc) is 2.73. The van der Waals surface area contributed by atoms with Crippen molar-refractivity contribution in [1.29, 1.82) is 0 Å². The van der Waals surface area contributed by atoms with E-state index in [2.05, 4.69) is 42.4 Å². The Bertz CT molecular complexity index is 325. The second-order valence-corrected chi connectivity index (χ2v) is 5.98. The van der Waals surface area contributed by atoms with Crippen LogP contribution in [0.1, 0.15) is 33.0 Å². The van der Waals surface area contributed by atoms with E-state index in [4.69, 9.17) is 0 Å². The molecule has 1 rings (SSSR count). The van der Waals surface area contributed by atoms with Crippen LogP contribution in [0.25, 0.3) is 0 Å². The van der Waals surface area contributed by atoms with Gasteiger partial charge >= 0.3 is 0 Å². The Morgan fingerprint density at radius 1 is 1.44 bits per heavy atom. The van der Waals surface area contributed by atoms with Crippen molar-refractivity contribution in [2.75, 3.05) is 18.6 Å². The van der Waals surface area contributed by atoms with Crippen LogP contribution in [-0.2, 0) is 13.0 Å². The lowest BCUT2D eigenvalue weighted by Gasteiger charge is -2.17. The minimum Gasteiger partial charge on any atom is -0.314 e. The van der Waals surface area contributed by atoms with Crippen LogP contribution in [0, 0.1) is 5.92 Å². The summed E-state index contributed by atoms with van der Waals surface area (Å²) in [5, 5.41) is 7.86. The first-order valence-corrected chi connectivity index (χ1v) is 8.15. The van der Waals surface area contributed by atoms with Crippen LogP contribution in [0.4, 0.5) is 0 Å². The fourth-order valence-corrected chi connectivity index (χ4v) is 2.51. The molecule has 0 amide bonds. The highest BCUT2D eigenvalue weighted by atomic mass is 32.2. The van der Waals surface area contributed by atoms with Crippen LogP contribution in [0.2, 0.25) is 0 Å². The van der Waals surface area contributed by atoms with Gasteiger partial charge in [0.15, 0.2) is 0 Å². The summed E-state index contributed by atoms with van der Waals surface area (Å²) in [5.74, 6) is 2.90. The molecule has 0 aliphatic heterocycles. The third kappa shape index (κ3) is 5.40. The van der Waals surface area contributed by atoms with Crippen molar-refractivity contribution >= 4 is 11.8 Å². The van der Waals surface area contributed by atoms with E-state index in [0.29, 0.717) is 12.0 Å². The Morgan fingerprint density at radius 2 is 2.22 bits per heavy atom. The van der Waals surface area contributed by atoms with Gasteiger partial charge in [-0.1, -0.05) is 20.8 Å². The minimum absolute atomic E-state index is 0.512. The van der Waals surface area contributed by atoms with Gasteiger partial charge in [-0.15, -0.1) is 0 Å². The van der Waals surface area contributed by atoms with Crippen molar-refractivity contribution in [3.8, 4) is 0 Å². The Hall–Kier alpha value is -0.550. The number of hydrogen-bond acceptors (Lipinski definition) is 4. The molecule has 0 aliphatic rings. The third-order valence-corrected chi connectivity index (χ3v) is 3.47. The van der Waals surface area contributed by atoms with Crippen LogP contribution in [0.5, 0.6) is 0 Å². The molecule has 0 aliphatic carbocycles. The molecule has 1 N–H and O–H groups in total. The Morgan fingerprint density at radius 3 is 2.83 bits per heavy atom. The van der Waals surface area contributed by atoms with E-state index >= 15 is 0 Å². The lowest BCUT2D eigenvalue weighted by molar-refractivity contribution is 0.439. The number of aromatic nitrogens is 3. The fraction of sp³-hybridized carbons (Fsp3) is 0.846. The topological polar surface area (TPSA) is 42.7 Å². The molecule has 18 heavy (non-hydrogen) atoms. The zero-order chi connectivity index (χ0) is 13.4. The molecule has 0 saturated heterocycles. The normalized spacial score (nSPS) is 13.2. The van der Waals surface area contributed by atoms with E-state index in [1.807, 2.05) is 16.4 Å². The average molecular weight is 270 g/mol. The molecule has 0 aromatic carbocycles. The van der Waals surface area contributed by atoms with Gasteiger partial charge in [-0.05, 0) is 30.9 Å². The zero-order valence-electron chi connectivity index (χ0n) is 12.0. The Kier molecular flexibility index (Phi) is 7.35. The smallest absolute Gasteiger partial charge is 0.138 e.